The Bertz CT molecular complexity index is 1300. The predicted molar refractivity (Wildman–Crippen MR) is 108 cm³/mol. The molecule has 2 aliphatic heterocycles. The third-order valence-electron chi connectivity index (χ3n) is 5.71. The van der Waals surface area contributed by atoms with Crippen molar-refractivity contribution in [2.45, 2.75) is 19.4 Å². The van der Waals surface area contributed by atoms with Gasteiger partial charge >= 0.3 is 0 Å². The fourth-order valence-corrected chi connectivity index (χ4v) is 4.26. The highest BCUT2D eigenvalue weighted by Crippen LogP contribution is 2.41. The molecular weight excluding hydrogens is 385 g/mol. The van der Waals surface area contributed by atoms with Crippen molar-refractivity contribution in [1.82, 2.24) is 19.6 Å². The van der Waals surface area contributed by atoms with Gasteiger partial charge in [0.05, 0.1) is 24.8 Å². The third-order valence-corrected chi connectivity index (χ3v) is 5.71. The Morgan fingerprint density at radius 3 is 2.87 bits per heavy atom. The quantitative estimate of drug-likeness (QED) is 0.522. The van der Waals surface area contributed by atoms with Crippen LogP contribution in [0.4, 0.5) is 10.2 Å². The maximum absolute atomic E-state index is 14.7. The van der Waals surface area contributed by atoms with E-state index in [0.29, 0.717) is 42.5 Å². The zero-order valence-electron chi connectivity index (χ0n) is 16.2. The standard InChI is InChI=1S/C22H18FN5O2/c1-12-4-5-24-17(6-12)14-7-19-22(28-11-26-27-21(14)28)25-8-15-16(23)2-3-18-20(15)13(9-29-18)10-30-19/h2-7,11,13,25H,8-10H2,1H3/t13-/m0/s1. The lowest BCUT2D eigenvalue weighted by Gasteiger charge is -2.16. The Hall–Kier alpha value is -3.68. The van der Waals surface area contributed by atoms with Crippen LogP contribution in [0.3, 0.4) is 0 Å². The number of ether oxygens (including phenoxy) is 2. The van der Waals surface area contributed by atoms with E-state index >= 15 is 0 Å². The number of hydrogen-bond donors (Lipinski definition) is 1. The number of aromatic nitrogens is 4. The number of aryl methyl sites for hydroxylation is 1. The summed E-state index contributed by atoms with van der Waals surface area (Å²) in [6.07, 6.45) is 3.40. The number of nitrogens with one attached hydrogen (secondary N) is 1. The Morgan fingerprint density at radius 2 is 2.00 bits per heavy atom. The second-order valence-corrected chi connectivity index (χ2v) is 7.62. The van der Waals surface area contributed by atoms with Gasteiger partial charge in [-0.3, -0.25) is 9.38 Å². The molecule has 0 saturated heterocycles. The monoisotopic (exact) mass is 403 g/mol. The highest BCUT2D eigenvalue weighted by atomic mass is 19.1. The summed E-state index contributed by atoms with van der Waals surface area (Å²) in [4.78, 5) is 4.51. The molecule has 3 aromatic heterocycles. The average Bonchev–Trinajstić information content (AvgIpc) is 3.39. The molecule has 0 amide bonds. The second-order valence-electron chi connectivity index (χ2n) is 7.62. The lowest BCUT2D eigenvalue weighted by atomic mass is 9.96. The molecule has 0 aliphatic carbocycles. The lowest BCUT2D eigenvalue weighted by molar-refractivity contribution is 0.249. The van der Waals surface area contributed by atoms with Crippen LogP contribution in [0.15, 0.2) is 42.9 Å². The molecular formula is C22H18FN5O2. The number of benzene rings is 1. The van der Waals surface area contributed by atoms with E-state index in [1.807, 2.05) is 29.5 Å². The van der Waals surface area contributed by atoms with Gasteiger partial charge in [-0.05, 0) is 42.8 Å². The summed E-state index contributed by atoms with van der Waals surface area (Å²) >= 11 is 0. The van der Waals surface area contributed by atoms with Gasteiger partial charge in [0, 0.05) is 29.4 Å². The van der Waals surface area contributed by atoms with Crippen LogP contribution in [0.5, 0.6) is 11.5 Å². The molecule has 1 N–H and O–H groups in total. The van der Waals surface area contributed by atoms with Crippen molar-refractivity contribution < 1.29 is 13.9 Å². The highest BCUT2D eigenvalue weighted by Gasteiger charge is 2.31. The first-order valence-corrected chi connectivity index (χ1v) is 9.79. The summed E-state index contributed by atoms with van der Waals surface area (Å²) in [5.41, 5.74) is 4.86. The van der Waals surface area contributed by atoms with Gasteiger partial charge < -0.3 is 14.8 Å². The van der Waals surface area contributed by atoms with Crippen LogP contribution in [-0.4, -0.2) is 32.8 Å². The van der Waals surface area contributed by atoms with Gasteiger partial charge in [-0.15, -0.1) is 10.2 Å². The number of rotatable bonds is 1. The van der Waals surface area contributed by atoms with Crippen molar-refractivity contribution in [2.24, 2.45) is 0 Å². The molecule has 150 valence electrons. The maximum Gasteiger partial charge on any atom is 0.171 e. The van der Waals surface area contributed by atoms with Crippen molar-refractivity contribution in [2.75, 3.05) is 18.5 Å². The number of halogens is 1. The topological polar surface area (TPSA) is 73.6 Å². The van der Waals surface area contributed by atoms with Crippen molar-refractivity contribution >= 4 is 11.5 Å². The molecule has 1 atom stereocenters. The van der Waals surface area contributed by atoms with E-state index in [1.54, 1.807) is 18.6 Å². The molecule has 0 radical (unpaired) electrons. The number of nitrogens with zero attached hydrogens (tertiary/aromatic N) is 4. The molecule has 5 heterocycles. The molecule has 0 spiro atoms. The average molecular weight is 403 g/mol. The van der Waals surface area contributed by atoms with Crippen LogP contribution in [0.2, 0.25) is 0 Å². The minimum atomic E-state index is -0.249. The van der Waals surface area contributed by atoms with Crippen molar-refractivity contribution in [1.29, 1.82) is 0 Å². The summed E-state index contributed by atoms with van der Waals surface area (Å²) in [6, 6.07) is 9.03. The molecule has 1 aromatic carbocycles. The molecule has 0 saturated carbocycles. The van der Waals surface area contributed by atoms with E-state index in [9.17, 15) is 4.39 Å². The zero-order valence-corrected chi connectivity index (χ0v) is 16.2. The van der Waals surface area contributed by atoms with E-state index < -0.39 is 0 Å². The van der Waals surface area contributed by atoms with E-state index in [4.69, 9.17) is 9.47 Å². The maximum atomic E-state index is 14.7. The first-order valence-electron chi connectivity index (χ1n) is 9.79. The van der Waals surface area contributed by atoms with E-state index in [-0.39, 0.29) is 11.7 Å². The Kier molecular flexibility index (Phi) is 3.68. The fourth-order valence-electron chi connectivity index (χ4n) is 4.26. The molecule has 30 heavy (non-hydrogen) atoms. The van der Waals surface area contributed by atoms with Gasteiger partial charge in [0.25, 0.3) is 0 Å². The van der Waals surface area contributed by atoms with Crippen molar-refractivity contribution in [3.8, 4) is 22.8 Å². The van der Waals surface area contributed by atoms with Gasteiger partial charge in [-0.1, -0.05) is 0 Å². The molecule has 7 nitrogen and oxygen atoms in total. The van der Waals surface area contributed by atoms with Gasteiger partial charge in [-0.2, -0.15) is 0 Å². The molecule has 8 heteroatoms. The van der Waals surface area contributed by atoms with Crippen LogP contribution in [-0.2, 0) is 6.54 Å². The van der Waals surface area contributed by atoms with E-state index in [2.05, 4.69) is 20.5 Å². The summed E-state index contributed by atoms with van der Waals surface area (Å²) in [5, 5.41) is 11.7. The van der Waals surface area contributed by atoms with Crippen molar-refractivity contribution in [3.05, 3.63) is 65.4 Å². The molecule has 6 rings (SSSR count). The van der Waals surface area contributed by atoms with Crippen LogP contribution in [0.1, 0.15) is 22.6 Å². The number of hydrogen-bond acceptors (Lipinski definition) is 6. The van der Waals surface area contributed by atoms with Crippen LogP contribution in [0.25, 0.3) is 16.9 Å². The van der Waals surface area contributed by atoms with Crippen LogP contribution >= 0.6 is 0 Å². The summed E-state index contributed by atoms with van der Waals surface area (Å²) in [5.74, 6) is 1.77. The molecule has 0 fully saturated rings. The fraction of sp³-hybridized carbons (Fsp3) is 0.227. The van der Waals surface area contributed by atoms with E-state index in [1.165, 1.54) is 6.07 Å². The third kappa shape index (κ3) is 2.53. The number of anilines is 1. The number of pyridine rings is 2. The van der Waals surface area contributed by atoms with Crippen LogP contribution in [0, 0.1) is 12.7 Å². The van der Waals surface area contributed by atoms with E-state index in [0.717, 1.165) is 28.1 Å². The molecule has 4 aromatic rings. The predicted octanol–water partition coefficient (Wildman–Crippen LogP) is 3.72. The SMILES string of the molecule is Cc1ccnc(-c2cc3c(n4cnnc24)NCc2c(F)ccc4c2[C@@H](CO4)CO3)c1. The Labute approximate surface area is 171 Å². The highest BCUT2D eigenvalue weighted by molar-refractivity contribution is 5.80. The second kappa shape index (κ2) is 6.41. The number of fused-ring (bicyclic) bond motifs is 3. The first kappa shape index (κ1) is 17.2. The summed E-state index contributed by atoms with van der Waals surface area (Å²) in [7, 11) is 0. The first-order chi connectivity index (χ1) is 14.7. The van der Waals surface area contributed by atoms with Gasteiger partial charge in [-0.25, -0.2) is 4.39 Å². The van der Waals surface area contributed by atoms with Gasteiger partial charge in [0.1, 0.15) is 17.9 Å². The van der Waals surface area contributed by atoms with Crippen molar-refractivity contribution in [3.63, 3.8) is 0 Å². The van der Waals surface area contributed by atoms with Gasteiger partial charge in [0.2, 0.25) is 0 Å². The molecule has 0 unspecified atom stereocenters. The Morgan fingerprint density at radius 1 is 1.13 bits per heavy atom. The normalized spacial score (nSPS) is 17.1. The van der Waals surface area contributed by atoms with Gasteiger partial charge in [0.15, 0.2) is 17.2 Å². The minimum Gasteiger partial charge on any atom is -0.493 e. The largest absolute Gasteiger partial charge is 0.493 e. The lowest BCUT2D eigenvalue weighted by Crippen LogP contribution is -2.13. The van der Waals surface area contributed by atoms with Crippen LogP contribution < -0.4 is 14.8 Å². The summed E-state index contributed by atoms with van der Waals surface area (Å²) < 4.78 is 28.5. The Balaban J connectivity index is 1.52. The molecule has 0 bridgehead atoms. The summed E-state index contributed by atoms with van der Waals surface area (Å²) in [6.45, 7) is 3.18. The zero-order chi connectivity index (χ0) is 20.2. The molecule has 2 aliphatic rings. The minimum absolute atomic E-state index is 0.0318. The smallest absolute Gasteiger partial charge is 0.171 e.